The quantitative estimate of drug-likeness (QED) is 0.861. The SMILES string of the molecule is CC(NC(=O)NCc1ccccc1OC(F)(F)F)c1ccccc1. The maximum absolute atomic E-state index is 12.4. The van der Waals surface area contributed by atoms with Crippen LogP contribution in [0.1, 0.15) is 24.1 Å². The molecule has 24 heavy (non-hydrogen) atoms. The fourth-order valence-electron chi connectivity index (χ4n) is 2.12. The zero-order chi connectivity index (χ0) is 17.6. The third kappa shape index (κ3) is 5.49. The van der Waals surface area contributed by atoms with Gasteiger partial charge in [0.25, 0.3) is 0 Å². The summed E-state index contributed by atoms with van der Waals surface area (Å²) in [6.45, 7) is 1.73. The summed E-state index contributed by atoms with van der Waals surface area (Å²) in [5.41, 5.74) is 1.16. The highest BCUT2D eigenvalue weighted by Gasteiger charge is 2.31. The summed E-state index contributed by atoms with van der Waals surface area (Å²) >= 11 is 0. The average Bonchev–Trinajstić information content (AvgIpc) is 2.53. The smallest absolute Gasteiger partial charge is 0.405 e. The van der Waals surface area contributed by atoms with E-state index in [1.807, 2.05) is 37.3 Å². The average molecular weight is 338 g/mol. The normalized spacial score (nSPS) is 12.3. The fourth-order valence-corrected chi connectivity index (χ4v) is 2.12. The van der Waals surface area contributed by atoms with Crippen molar-refractivity contribution in [3.63, 3.8) is 0 Å². The monoisotopic (exact) mass is 338 g/mol. The van der Waals surface area contributed by atoms with Gasteiger partial charge in [0, 0.05) is 12.1 Å². The maximum Gasteiger partial charge on any atom is 0.573 e. The third-order valence-electron chi connectivity index (χ3n) is 3.28. The number of amides is 2. The molecule has 2 aromatic carbocycles. The molecule has 2 N–H and O–H groups in total. The highest BCUT2D eigenvalue weighted by molar-refractivity contribution is 5.74. The van der Waals surface area contributed by atoms with Crippen molar-refractivity contribution in [3.05, 3.63) is 65.7 Å². The van der Waals surface area contributed by atoms with Crippen molar-refractivity contribution >= 4 is 6.03 Å². The number of rotatable bonds is 5. The first-order valence-electron chi connectivity index (χ1n) is 7.28. The van der Waals surface area contributed by atoms with E-state index in [1.165, 1.54) is 18.2 Å². The molecule has 2 aromatic rings. The molecule has 0 saturated heterocycles. The topological polar surface area (TPSA) is 50.4 Å². The predicted molar refractivity (Wildman–Crippen MR) is 83.4 cm³/mol. The number of carbonyl (C=O) groups is 1. The fraction of sp³-hybridized carbons (Fsp3) is 0.235. The largest absolute Gasteiger partial charge is 0.573 e. The van der Waals surface area contributed by atoms with E-state index in [1.54, 1.807) is 6.07 Å². The van der Waals surface area contributed by atoms with E-state index < -0.39 is 12.4 Å². The van der Waals surface area contributed by atoms with Gasteiger partial charge in [-0.05, 0) is 18.6 Å². The Kier molecular flexibility index (Phi) is 5.68. The predicted octanol–water partition coefficient (Wildman–Crippen LogP) is 4.15. The van der Waals surface area contributed by atoms with Crippen LogP contribution in [0.25, 0.3) is 0 Å². The van der Waals surface area contributed by atoms with Crippen molar-refractivity contribution in [2.24, 2.45) is 0 Å². The van der Waals surface area contributed by atoms with Gasteiger partial charge in [-0.2, -0.15) is 0 Å². The first-order chi connectivity index (χ1) is 11.3. The lowest BCUT2D eigenvalue weighted by Gasteiger charge is -2.16. The molecule has 7 heteroatoms. The summed E-state index contributed by atoms with van der Waals surface area (Å²) in [5.74, 6) is -0.332. The lowest BCUT2D eigenvalue weighted by atomic mass is 10.1. The van der Waals surface area contributed by atoms with Crippen LogP contribution in [0.15, 0.2) is 54.6 Å². The van der Waals surface area contributed by atoms with Gasteiger partial charge >= 0.3 is 12.4 Å². The number of urea groups is 1. The molecule has 0 bridgehead atoms. The van der Waals surface area contributed by atoms with Crippen LogP contribution in [0, 0.1) is 0 Å². The standard InChI is InChI=1S/C17H17F3N2O2/c1-12(13-7-3-2-4-8-13)22-16(23)21-11-14-9-5-6-10-15(14)24-17(18,19)20/h2-10,12H,11H2,1H3,(H2,21,22,23). The Bertz CT molecular complexity index is 675. The van der Waals surface area contributed by atoms with Crippen molar-refractivity contribution in [3.8, 4) is 5.75 Å². The molecule has 0 aliphatic heterocycles. The van der Waals surface area contributed by atoms with Gasteiger partial charge in [0.1, 0.15) is 5.75 Å². The van der Waals surface area contributed by atoms with Crippen LogP contribution in [0.5, 0.6) is 5.75 Å². The molecule has 0 aromatic heterocycles. The first kappa shape index (κ1) is 17.7. The summed E-state index contributed by atoms with van der Waals surface area (Å²) in [5, 5.41) is 5.25. The first-order valence-corrected chi connectivity index (χ1v) is 7.28. The van der Waals surface area contributed by atoms with Gasteiger partial charge in [0.15, 0.2) is 0 Å². The van der Waals surface area contributed by atoms with Gasteiger partial charge in [0.2, 0.25) is 0 Å². The van der Waals surface area contributed by atoms with Crippen LogP contribution in [0.4, 0.5) is 18.0 Å². The molecule has 2 rings (SSSR count). The van der Waals surface area contributed by atoms with Gasteiger partial charge in [-0.15, -0.1) is 13.2 Å². The van der Waals surface area contributed by atoms with Crippen molar-refractivity contribution in [2.75, 3.05) is 0 Å². The van der Waals surface area contributed by atoms with Crippen LogP contribution in [0.2, 0.25) is 0 Å². The molecule has 0 aliphatic rings. The number of benzene rings is 2. The van der Waals surface area contributed by atoms with E-state index in [-0.39, 0.29) is 23.9 Å². The van der Waals surface area contributed by atoms with Crippen molar-refractivity contribution in [1.82, 2.24) is 10.6 Å². The van der Waals surface area contributed by atoms with E-state index in [0.717, 1.165) is 5.56 Å². The summed E-state index contributed by atoms with van der Waals surface area (Å²) < 4.78 is 41.0. The minimum atomic E-state index is -4.78. The van der Waals surface area contributed by atoms with Crippen molar-refractivity contribution < 1.29 is 22.7 Å². The maximum atomic E-state index is 12.4. The summed E-state index contributed by atoms with van der Waals surface area (Å²) in [6, 6.07) is 14.3. The minimum Gasteiger partial charge on any atom is -0.405 e. The van der Waals surface area contributed by atoms with Crippen LogP contribution in [0.3, 0.4) is 0 Å². The lowest BCUT2D eigenvalue weighted by Crippen LogP contribution is -2.36. The second-order valence-corrected chi connectivity index (χ2v) is 5.11. The number of ether oxygens (including phenoxy) is 1. The van der Waals surface area contributed by atoms with Crippen molar-refractivity contribution in [1.29, 1.82) is 0 Å². The Morgan fingerprint density at radius 3 is 2.38 bits per heavy atom. The second kappa shape index (κ2) is 7.72. The van der Waals surface area contributed by atoms with E-state index in [2.05, 4.69) is 15.4 Å². The van der Waals surface area contributed by atoms with Gasteiger partial charge in [-0.1, -0.05) is 48.5 Å². The van der Waals surface area contributed by atoms with E-state index in [9.17, 15) is 18.0 Å². The molecule has 0 saturated carbocycles. The van der Waals surface area contributed by atoms with Crippen LogP contribution in [-0.2, 0) is 6.54 Å². The number of hydrogen-bond acceptors (Lipinski definition) is 2. The zero-order valence-electron chi connectivity index (χ0n) is 12.9. The number of para-hydroxylation sites is 1. The Balaban J connectivity index is 1.92. The van der Waals surface area contributed by atoms with Gasteiger partial charge in [-0.25, -0.2) is 4.79 Å². The second-order valence-electron chi connectivity index (χ2n) is 5.11. The highest BCUT2D eigenvalue weighted by Crippen LogP contribution is 2.26. The van der Waals surface area contributed by atoms with Gasteiger partial charge in [-0.3, -0.25) is 0 Å². The summed E-state index contributed by atoms with van der Waals surface area (Å²) in [6.07, 6.45) is -4.78. The van der Waals surface area contributed by atoms with Gasteiger partial charge in [0.05, 0.1) is 6.04 Å². The number of carbonyl (C=O) groups excluding carboxylic acids is 1. The van der Waals surface area contributed by atoms with E-state index >= 15 is 0 Å². The number of halogens is 3. The Labute approximate surface area is 137 Å². The molecule has 2 amide bonds. The Hall–Kier alpha value is -2.70. The minimum absolute atomic E-state index is 0.0837. The van der Waals surface area contributed by atoms with Gasteiger partial charge < -0.3 is 15.4 Å². The molecule has 0 heterocycles. The molecule has 0 radical (unpaired) electrons. The van der Waals surface area contributed by atoms with Crippen LogP contribution >= 0.6 is 0 Å². The molecular weight excluding hydrogens is 321 g/mol. The molecule has 0 aliphatic carbocycles. The van der Waals surface area contributed by atoms with Crippen LogP contribution in [-0.4, -0.2) is 12.4 Å². The van der Waals surface area contributed by atoms with E-state index in [4.69, 9.17) is 0 Å². The Morgan fingerprint density at radius 2 is 1.71 bits per heavy atom. The van der Waals surface area contributed by atoms with Crippen LogP contribution < -0.4 is 15.4 Å². The highest BCUT2D eigenvalue weighted by atomic mass is 19.4. The molecule has 4 nitrogen and oxygen atoms in total. The molecule has 0 spiro atoms. The molecule has 1 unspecified atom stereocenters. The number of nitrogens with one attached hydrogen (secondary N) is 2. The molecule has 0 fully saturated rings. The number of alkyl halides is 3. The number of hydrogen-bond donors (Lipinski definition) is 2. The zero-order valence-corrected chi connectivity index (χ0v) is 12.9. The molecule has 128 valence electrons. The molecule has 1 atom stereocenters. The summed E-state index contributed by atoms with van der Waals surface area (Å²) in [4.78, 5) is 11.9. The van der Waals surface area contributed by atoms with E-state index in [0.29, 0.717) is 0 Å². The summed E-state index contributed by atoms with van der Waals surface area (Å²) in [7, 11) is 0. The lowest BCUT2D eigenvalue weighted by molar-refractivity contribution is -0.274. The molecular formula is C17H17F3N2O2. The third-order valence-corrected chi connectivity index (χ3v) is 3.28. The van der Waals surface area contributed by atoms with Crippen molar-refractivity contribution in [2.45, 2.75) is 25.9 Å². The Morgan fingerprint density at radius 1 is 1.08 bits per heavy atom.